The molecular weight excluding hydrogens is 278 g/mol. The average Bonchev–Trinajstić information content (AvgIpc) is 2.73. The largest absolute Gasteiger partial charge is 0.573 e. The molecule has 1 fully saturated rings. The van der Waals surface area contributed by atoms with Gasteiger partial charge in [-0.25, -0.2) is 4.39 Å². The van der Waals surface area contributed by atoms with Gasteiger partial charge in [-0.2, -0.15) is 0 Å². The second kappa shape index (κ2) is 5.30. The summed E-state index contributed by atoms with van der Waals surface area (Å²) in [5.74, 6) is -2.59. The number of halogens is 4. The van der Waals surface area contributed by atoms with E-state index in [1.807, 2.05) is 0 Å². The highest BCUT2D eigenvalue weighted by Gasteiger charge is 2.36. The molecule has 0 N–H and O–H groups in total. The predicted octanol–water partition coefficient (Wildman–Crippen LogP) is 3.35. The van der Waals surface area contributed by atoms with Crippen molar-refractivity contribution in [1.82, 2.24) is 4.90 Å². The van der Waals surface area contributed by atoms with E-state index in [1.54, 1.807) is 6.92 Å². The van der Waals surface area contributed by atoms with Gasteiger partial charge >= 0.3 is 6.36 Å². The summed E-state index contributed by atoms with van der Waals surface area (Å²) in [7, 11) is 0. The third kappa shape index (κ3) is 3.02. The molecule has 110 valence electrons. The maximum atomic E-state index is 13.8. The lowest BCUT2D eigenvalue weighted by Gasteiger charge is -2.23. The van der Waals surface area contributed by atoms with Crippen molar-refractivity contribution in [3.8, 4) is 5.75 Å². The topological polar surface area (TPSA) is 29.5 Å². The summed E-state index contributed by atoms with van der Waals surface area (Å²) >= 11 is 0. The molecule has 1 heterocycles. The smallest absolute Gasteiger partial charge is 0.405 e. The van der Waals surface area contributed by atoms with Crippen LogP contribution in [0.4, 0.5) is 17.6 Å². The van der Waals surface area contributed by atoms with Crippen LogP contribution in [0.3, 0.4) is 0 Å². The van der Waals surface area contributed by atoms with E-state index in [0.717, 1.165) is 31.0 Å². The molecule has 7 heteroatoms. The van der Waals surface area contributed by atoms with Crippen molar-refractivity contribution in [1.29, 1.82) is 0 Å². The fourth-order valence-corrected chi connectivity index (χ4v) is 2.30. The Labute approximate surface area is 113 Å². The molecule has 1 aliphatic heterocycles. The second-order valence-electron chi connectivity index (χ2n) is 4.65. The molecule has 1 aliphatic rings. The number of rotatable bonds is 2. The minimum Gasteiger partial charge on any atom is -0.405 e. The molecule has 3 nitrogen and oxygen atoms in total. The zero-order valence-corrected chi connectivity index (χ0v) is 10.7. The number of hydrogen-bond acceptors (Lipinski definition) is 2. The molecule has 0 bridgehead atoms. The van der Waals surface area contributed by atoms with Crippen LogP contribution in [-0.4, -0.2) is 29.8 Å². The van der Waals surface area contributed by atoms with Gasteiger partial charge in [0.1, 0.15) is 17.1 Å². The Morgan fingerprint density at radius 1 is 1.40 bits per heavy atom. The van der Waals surface area contributed by atoms with E-state index in [-0.39, 0.29) is 6.04 Å². The van der Waals surface area contributed by atoms with Gasteiger partial charge in [-0.15, -0.1) is 13.2 Å². The van der Waals surface area contributed by atoms with Crippen LogP contribution in [0.15, 0.2) is 18.2 Å². The Kier molecular flexibility index (Phi) is 3.87. The molecule has 0 radical (unpaired) electrons. The molecule has 1 unspecified atom stereocenters. The highest BCUT2D eigenvalue weighted by Crippen LogP contribution is 2.30. The number of carbonyl (C=O) groups is 1. The summed E-state index contributed by atoms with van der Waals surface area (Å²) in [6, 6.07) is 2.82. The van der Waals surface area contributed by atoms with Gasteiger partial charge in [-0.1, -0.05) is 6.07 Å². The van der Waals surface area contributed by atoms with Gasteiger partial charge in [0.2, 0.25) is 0 Å². The number of benzene rings is 1. The molecule has 1 amide bonds. The van der Waals surface area contributed by atoms with E-state index in [2.05, 4.69) is 4.74 Å². The number of nitrogens with zero attached hydrogens (tertiary/aromatic N) is 1. The van der Waals surface area contributed by atoms with E-state index in [0.29, 0.717) is 6.54 Å². The summed E-state index contributed by atoms with van der Waals surface area (Å²) in [6.45, 7) is 2.18. The number of hydrogen-bond donors (Lipinski definition) is 0. The molecule has 0 saturated carbocycles. The van der Waals surface area contributed by atoms with E-state index in [1.165, 1.54) is 4.90 Å². The van der Waals surface area contributed by atoms with Crippen LogP contribution in [0.25, 0.3) is 0 Å². The minimum atomic E-state index is -4.97. The molecule has 0 aliphatic carbocycles. The van der Waals surface area contributed by atoms with Crippen molar-refractivity contribution in [3.05, 3.63) is 29.6 Å². The number of ether oxygens (including phenoxy) is 1. The molecule has 20 heavy (non-hydrogen) atoms. The fourth-order valence-electron chi connectivity index (χ4n) is 2.30. The van der Waals surface area contributed by atoms with E-state index < -0.39 is 29.4 Å². The summed E-state index contributed by atoms with van der Waals surface area (Å²) in [5, 5.41) is 0. The average molecular weight is 291 g/mol. The fraction of sp³-hybridized carbons (Fsp3) is 0.462. The summed E-state index contributed by atoms with van der Waals surface area (Å²) in [4.78, 5) is 13.6. The normalized spacial score (nSPS) is 19.2. The monoisotopic (exact) mass is 291 g/mol. The molecule has 0 aromatic heterocycles. The number of amides is 1. The Bertz CT molecular complexity index is 516. The maximum Gasteiger partial charge on any atom is 0.573 e. The van der Waals surface area contributed by atoms with Gasteiger partial charge < -0.3 is 9.64 Å². The van der Waals surface area contributed by atoms with Crippen LogP contribution in [0.5, 0.6) is 5.75 Å². The first kappa shape index (κ1) is 14.6. The highest BCUT2D eigenvalue weighted by atomic mass is 19.4. The number of alkyl halides is 3. The first-order chi connectivity index (χ1) is 9.29. The molecule has 0 spiro atoms. The second-order valence-corrected chi connectivity index (χ2v) is 4.65. The molecular formula is C13H13F4NO2. The summed E-state index contributed by atoms with van der Waals surface area (Å²) in [5.41, 5.74) is -0.668. The molecule has 1 saturated heterocycles. The standard InChI is InChI=1S/C13H13F4NO2/c1-8-4-3-7-18(8)12(19)11-9(14)5-2-6-10(11)20-13(15,16)17/h2,5-6,8H,3-4,7H2,1H3. The highest BCUT2D eigenvalue weighted by molar-refractivity contribution is 5.97. The zero-order chi connectivity index (χ0) is 14.9. The Morgan fingerprint density at radius 2 is 2.10 bits per heavy atom. The third-order valence-corrected chi connectivity index (χ3v) is 3.23. The van der Waals surface area contributed by atoms with Gasteiger partial charge in [-0.05, 0) is 31.9 Å². The molecule has 2 rings (SSSR count). The van der Waals surface area contributed by atoms with Crippen LogP contribution in [-0.2, 0) is 0 Å². The van der Waals surface area contributed by atoms with E-state index in [4.69, 9.17) is 0 Å². The van der Waals surface area contributed by atoms with Crippen LogP contribution in [0.2, 0.25) is 0 Å². The van der Waals surface area contributed by atoms with Gasteiger partial charge in [-0.3, -0.25) is 4.79 Å². The Hall–Kier alpha value is -1.79. The zero-order valence-electron chi connectivity index (χ0n) is 10.7. The van der Waals surface area contributed by atoms with Crippen molar-refractivity contribution in [2.75, 3.05) is 6.54 Å². The van der Waals surface area contributed by atoms with Crippen molar-refractivity contribution in [3.63, 3.8) is 0 Å². The van der Waals surface area contributed by atoms with Gasteiger partial charge in [0, 0.05) is 12.6 Å². The van der Waals surface area contributed by atoms with E-state index in [9.17, 15) is 22.4 Å². The molecule has 1 atom stereocenters. The van der Waals surface area contributed by atoms with E-state index >= 15 is 0 Å². The van der Waals surface area contributed by atoms with Gasteiger partial charge in [0.05, 0.1) is 0 Å². The number of likely N-dealkylation sites (tertiary alicyclic amines) is 1. The van der Waals surface area contributed by atoms with Crippen LogP contribution in [0, 0.1) is 5.82 Å². The molecule has 1 aromatic carbocycles. The van der Waals surface area contributed by atoms with Crippen molar-refractivity contribution < 1.29 is 27.1 Å². The quantitative estimate of drug-likeness (QED) is 0.782. The maximum absolute atomic E-state index is 13.8. The first-order valence-corrected chi connectivity index (χ1v) is 6.15. The van der Waals surface area contributed by atoms with Crippen LogP contribution in [0.1, 0.15) is 30.1 Å². The summed E-state index contributed by atoms with van der Waals surface area (Å²) < 4.78 is 54.4. The van der Waals surface area contributed by atoms with Gasteiger partial charge in [0.15, 0.2) is 0 Å². The summed E-state index contributed by atoms with van der Waals surface area (Å²) in [6.07, 6.45) is -3.48. The Balaban J connectivity index is 2.37. The lowest BCUT2D eigenvalue weighted by Crippen LogP contribution is -2.35. The third-order valence-electron chi connectivity index (χ3n) is 3.23. The van der Waals surface area contributed by atoms with Crippen LogP contribution < -0.4 is 4.74 Å². The molecule has 1 aromatic rings. The SMILES string of the molecule is CC1CCCN1C(=O)c1c(F)cccc1OC(F)(F)F. The lowest BCUT2D eigenvalue weighted by molar-refractivity contribution is -0.274. The van der Waals surface area contributed by atoms with Crippen molar-refractivity contribution >= 4 is 5.91 Å². The van der Waals surface area contributed by atoms with Gasteiger partial charge in [0.25, 0.3) is 5.91 Å². The van der Waals surface area contributed by atoms with Crippen molar-refractivity contribution in [2.45, 2.75) is 32.2 Å². The Morgan fingerprint density at radius 3 is 2.65 bits per heavy atom. The lowest BCUT2D eigenvalue weighted by atomic mass is 10.1. The van der Waals surface area contributed by atoms with Crippen LogP contribution >= 0.6 is 0 Å². The number of carbonyl (C=O) groups excluding carboxylic acids is 1. The predicted molar refractivity (Wildman–Crippen MR) is 62.8 cm³/mol. The van der Waals surface area contributed by atoms with Crippen molar-refractivity contribution in [2.24, 2.45) is 0 Å². The first-order valence-electron chi connectivity index (χ1n) is 6.15. The minimum absolute atomic E-state index is 0.124.